The van der Waals surface area contributed by atoms with Gasteiger partial charge in [-0.25, -0.2) is 4.68 Å². The molecule has 2 heterocycles. The first-order valence-corrected chi connectivity index (χ1v) is 8.27. The van der Waals surface area contributed by atoms with Gasteiger partial charge in [0.15, 0.2) is 0 Å². The van der Waals surface area contributed by atoms with E-state index in [2.05, 4.69) is 17.0 Å². The summed E-state index contributed by atoms with van der Waals surface area (Å²) in [4.78, 5) is 18.0. The number of fused-ring (bicyclic) bond motifs is 1. The molecule has 5 nitrogen and oxygen atoms in total. The topological polar surface area (TPSA) is 57.0 Å². The van der Waals surface area contributed by atoms with Crippen LogP contribution in [0.3, 0.4) is 0 Å². The van der Waals surface area contributed by atoms with E-state index in [1.54, 1.807) is 18.8 Å². The van der Waals surface area contributed by atoms with Crippen LogP contribution in [0.2, 0.25) is 0 Å². The third-order valence-corrected chi connectivity index (χ3v) is 4.86. The smallest absolute Gasteiger partial charge is 0.223 e. The average Bonchev–Trinajstić information content (AvgIpc) is 2.85. The molecule has 0 bridgehead atoms. The zero-order chi connectivity index (χ0) is 18.5. The molecule has 0 spiro atoms. The monoisotopic (exact) mass is 337 g/mol. The molecule has 3 rings (SSSR count). The van der Waals surface area contributed by atoms with Crippen LogP contribution in [-0.2, 0) is 7.05 Å². The quantitative estimate of drug-likeness (QED) is 0.683. The fraction of sp³-hybridized carbons (Fsp3) is 0.350. The van der Waals surface area contributed by atoms with Crippen molar-refractivity contribution in [2.75, 3.05) is 7.11 Å². The minimum Gasteiger partial charge on any atom is -0.481 e. The Morgan fingerprint density at radius 3 is 2.32 bits per heavy atom. The first kappa shape index (κ1) is 17.1. The van der Waals surface area contributed by atoms with Crippen LogP contribution >= 0.6 is 0 Å². The molecule has 130 valence electrons. The van der Waals surface area contributed by atoms with Crippen LogP contribution in [0.25, 0.3) is 10.8 Å². The van der Waals surface area contributed by atoms with Crippen LogP contribution in [0.4, 0.5) is 0 Å². The number of aryl methyl sites for hydroxylation is 6. The summed E-state index contributed by atoms with van der Waals surface area (Å²) in [6.07, 6.45) is 0. The number of carbonyl (C=O) groups excluding carboxylic acids is 1. The maximum atomic E-state index is 13.4. The van der Waals surface area contributed by atoms with Crippen LogP contribution in [0.5, 0.6) is 5.88 Å². The SMILES string of the molecule is COc1c(C(=O)c2ccc(C)c3c(C)nc(C)c(C)c23)c(C)nn1C. The van der Waals surface area contributed by atoms with Crippen LogP contribution < -0.4 is 4.74 Å². The van der Waals surface area contributed by atoms with Gasteiger partial charge < -0.3 is 4.74 Å². The minimum absolute atomic E-state index is 0.0689. The van der Waals surface area contributed by atoms with Crippen LogP contribution in [0.1, 0.15) is 44.1 Å². The molecule has 5 heteroatoms. The number of ketones is 1. The third kappa shape index (κ3) is 2.51. The van der Waals surface area contributed by atoms with Crippen molar-refractivity contribution >= 4 is 16.6 Å². The van der Waals surface area contributed by atoms with Crippen molar-refractivity contribution in [2.45, 2.75) is 34.6 Å². The lowest BCUT2D eigenvalue weighted by atomic mass is 9.91. The number of pyridine rings is 1. The average molecular weight is 337 g/mol. The van der Waals surface area contributed by atoms with E-state index in [1.807, 2.05) is 39.8 Å². The summed E-state index contributed by atoms with van der Waals surface area (Å²) in [5.41, 5.74) is 5.89. The Morgan fingerprint density at radius 1 is 1.00 bits per heavy atom. The molecule has 0 aliphatic carbocycles. The lowest BCUT2D eigenvalue weighted by Crippen LogP contribution is -2.08. The van der Waals surface area contributed by atoms with Crippen molar-refractivity contribution in [1.29, 1.82) is 0 Å². The van der Waals surface area contributed by atoms with Gasteiger partial charge in [-0.15, -0.1) is 0 Å². The van der Waals surface area contributed by atoms with E-state index in [-0.39, 0.29) is 5.78 Å². The van der Waals surface area contributed by atoms with Gasteiger partial charge in [-0.05, 0) is 51.1 Å². The van der Waals surface area contributed by atoms with Gasteiger partial charge in [0.1, 0.15) is 5.56 Å². The van der Waals surface area contributed by atoms with E-state index >= 15 is 0 Å². The highest BCUT2D eigenvalue weighted by molar-refractivity contribution is 6.19. The number of hydrogen-bond acceptors (Lipinski definition) is 4. The molecule has 0 aliphatic heterocycles. The minimum atomic E-state index is -0.0689. The molecule has 0 unspecified atom stereocenters. The van der Waals surface area contributed by atoms with Crippen LogP contribution in [-0.4, -0.2) is 27.7 Å². The number of benzene rings is 1. The summed E-state index contributed by atoms with van der Waals surface area (Å²) in [6, 6.07) is 3.88. The van der Waals surface area contributed by atoms with Crippen molar-refractivity contribution in [3.05, 3.63) is 51.5 Å². The lowest BCUT2D eigenvalue weighted by molar-refractivity contribution is 0.103. The molecule has 0 atom stereocenters. The van der Waals surface area contributed by atoms with E-state index in [1.165, 1.54) is 0 Å². The van der Waals surface area contributed by atoms with Gasteiger partial charge in [-0.2, -0.15) is 5.10 Å². The number of hydrogen-bond donors (Lipinski definition) is 0. The van der Waals surface area contributed by atoms with Crippen molar-refractivity contribution in [3.63, 3.8) is 0 Å². The van der Waals surface area contributed by atoms with Gasteiger partial charge >= 0.3 is 0 Å². The van der Waals surface area contributed by atoms with Gasteiger partial charge in [0.25, 0.3) is 0 Å². The summed E-state index contributed by atoms with van der Waals surface area (Å²) in [5.74, 6) is 0.414. The Labute approximate surface area is 147 Å². The second-order valence-electron chi connectivity index (χ2n) is 6.51. The number of ether oxygens (including phenoxy) is 1. The summed E-state index contributed by atoms with van der Waals surface area (Å²) in [6.45, 7) is 9.88. The van der Waals surface area contributed by atoms with E-state index in [0.29, 0.717) is 22.7 Å². The molecule has 0 saturated carbocycles. The van der Waals surface area contributed by atoms with Crippen molar-refractivity contribution < 1.29 is 9.53 Å². The fourth-order valence-electron chi connectivity index (χ4n) is 3.59. The summed E-state index contributed by atoms with van der Waals surface area (Å²) in [5, 5.41) is 6.37. The Morgan fingerprint density at radius 2 is 1.68 bits per heavy atom. The molecule has 0 N–H and O–H groups in total. The Balaban J connectivity index is 2.38. The highest BCUT2D eigenvalue weighted by atomic mass is 16.5. The standard InChI is InChI=1S/C20H23N3O2/c1-10-8-9-15(17-11(2)12(3)21-13(4)16(10)17)19(24)18-14(5)22-23(6)20(18)25-7/h8-9H,1-7H3. The maximum absolute atomic E-state index is 13.4. The van der Waals surface area contributed by atoms with Crippen molar-refractivity contribution in [2.24, 2.45) is 7.05 Å². The molecule has 2 aromatic heterocycles. The molecule has 0 aliphatic rings. The van der Waals surface area contributed by atoms with E-state index in [9.17, 15) is 4.79 Å². The Hall–Kier alpha value is -2.69. The fourth-order valence-corrected chi connectivity index (χ4v) is 3.59. The van der Waals surface area contributed by atoms with Gasteiger partial charge in [-0.1, -0.05) is 12.1 Å². The van der Waals surface area contributed by atoms with Gasteiger partial charge in [0, 0.05) is 29.4 Å². The van der Waals surface area contributed by atoms with Crippen LogP contribution in [0, 0.1) is 34.6 Å². The lowest BCUT2D eigenvalue weighted by Gasteiger charge is -2.15. The molecular formula is C20H23N3O2. The predicted octanol–water partition coefficient (Wildman–Crippen LogP) is 3.75. The maximum Gasteiger partial charge on any atom is 0.223 e. The normalized spacial score (nSPS) is 11.2. The summed E-state index contributed by atoms with van der Waals surface area (Å²) < 4.78 is 7.02. The summed E-state index contributed by atoms with van der Waals surface area (Å²) >= 11 is 0. The molecule has 25 heavy (non-hydrogen) atoms. The second kappa shape index (κ2) is 5.99. The first-order chi connectivity index (χ1) is 11.8. The Kier molecular flexibility index (Phi) is 4.11. The molecular weight excluding hydrogens is 314 g/mol. The second-order valence-corrected chi connectivity index (χ2v) is 6.51. The van der Waals surface area contributed by atoms with Gasteiger partial charge in [0.2, 0.25) is 11.7 Å². The zero-order valence-corrected chi connectivity index (χ0v) is 15.8. The number of aromatic nitrogens is 3. The van der Waals surface area contributed by atoms with Crippen molar-refractivity contribution in [3.8, 4) is 5.88 Å². The summed E-state index contributed by atoms with van der Waals surface area (Å²) in [7, 11) is 3.34. The van der Waals surface area contributed by atoms with E-state index in [4.69, 9.17) is 4.74 Å². The van der Waals surface area contributed by atoms with Gasteiger partial charge in [0.05, 0.1) is 12.8 Å². The molecule has 0 amide bonds. The molecule has 1 aromatic carbocycles. The zero-order valence-electron chi connectivity index (χ0n) is 15.8. The largest absolute Gasteiger partial charge is 0.481 e. The molecule has 0 saturated heterocycles. The third-order valence-electron chi connectivity index (χ3n) is 4.86. The number of nitrogens with zero attached hydrogens (tertiary/aromatic N) is 3. The number of methoxy groups -OCH3 is 1. The number of carbonyl (C=O) groups is 1. The number of rotatable bonds is 3. The first-order valence-electron chi connectivity index (χ1n) is 8.27. The molecule has 0 fully saturated rings. The van der Waals surface area contributed by atoms with E-state index in [0.717, 1.165) is 33.3 Å². The molecule has 0 radical (unpaired) electrons. The van der Waals surface area contributed by atoms with Crippen molar-refractivity contribution in [1.82, 2.24) is 14.8 Å². The highest BCUT2D eigenvalue weighted by Gasteiger charge is 2.25. The van der Waals surface area contributed by atoms with Gasteiger partial charge in [-0.3, -0.25) is 9.78 Å². The highest BCUT2D eigenvalue weighted by Crippen LogP contribution is 2.33. The molecule has 3 aromatic rings. The Bertz CT molecular complexity index is 1020. The predicted molar refractivity (Wildman–Crippen MR) is 98.6 cm³/mol. The van der Waals surface area contributed by atoms with E-state index < -0.39 is 0 Å². The van der Waals surface area contributed by atoms with Crippen LogP contribution in [0.15, 0.2) is 12.1 Å².